The van der Waals surface area contributed by atoms with Crippen LogP contribution >= 0.6 is 0 Å². The number of nitrogens with zero attached hydrogens (tertiary/aromatic N) is 2. The summed E-state index contributed by atoms with van der Waals surface area (Å²) in [5, 5.41) is 3.41. The van der Waals surface area contributed by atoms with Gasteiger partial charge in [0.15, 0.2) is 0 Å². The van der Waals surface area contributed by atoms with Crippen molar-refractivity contribution in [3.63, 3.8) is 0 Å². The predicted molar refractivity (Wildman–Crippen MR) is 112 cm³/mol. The summed E-state index contributed by atoms with van der Waals surface area (Å²) < 4.78 is 7.68. The number of rotatable bonds is 7. The number of carbonyl (C=O) groups excluding carboxylic acids is 1. The minimum absolute atomic E-state index is 0.160. The molecule has 1 amide bonds. The van der Waals surface area contributed by atoms with Gasteiger partial charge in [-0.15, -0.1) is 0 Å². The van der Waals surface area contributed by atoms with Crippen LogP contribution in [0.5, 0.6) is 5.75 Å². The standard InChI is InChI=1S/C22H25N3O4/c1-4-18(15-10-12-16(29-3)13-11-15)23-20(26)14-25-19-9-7-6-8-17(19)21(27)24(5-2)22(25)28/h6-13,18H,4-5,14H2,1-3H3,(H,23,26)/t18-/m1/s1. The Hall–Kier alpha value is -3.35. The van der Waals surface area contributed by atoms with E-state index in [0.29, 0.717) is 17.3 Å². The molecular weight excluding hydrogens is 370 g/mol. The number of fused-ring (bicyclic) bond motifs is 1. The van der Waals surface area contributed by atoms with Crippen LogP contribution in [-0.4, -0.2) is 22.2 Å². The minimum Gasteiger partial charge on any atom is -0.497 e. The Kier molecular flexibility index (Phi) is 6.16. The topological polar surface area (TPSA) is 82.3 Å². The molecule has 0 bridgehead atoms. The number of aromatic nitrogens is 2. The van der Waals surface area contributed by atoms with E-state index in [0.717, 1.165) is 15.9 Å². The van der Waals surface area contributed by atoms with E-state index in [4.69, 9.17) is 4.74 Å². The van der Waals surface area contributed by atoms with Crippen molar-refractivity contribution < 1.29 is 9.53 Å². The maximum atomic E-state index is 12.8. The van der Waals surface area contributed by atoms with E-state index in [9.17, 15) is 14.4 Å². The van der Waals surface area contributed by atoms with Gasteiger partial charge in [0.2, 0.25) is 5.91 Å². The van der Waals surface area contributed by atoms with Crippen molar-refractivity contribution in [1.29, 1.82) is 0 Å². The van der Waals surface area contributed by atoms with E-state index in [2.05, 4.69) is 5.32 Å². The molecule has 1 heterocycles. The number of hydrogen-bond acceptors (Lipinski definition) is 4. The molecule has 1 aromatic heterocycles. The largest absolute Gasteiger partial charge is 0.497 e. The lowest BCUT2D eigenvalue weighted by Crippen LogP contribution is -2.42. The number of carbonyl (C=O) groups is 1. The van der Waals surface area contributed by atoms with Crippen LogP contribution in [-0.2, 0) is 17.9 Å². The first-order valence-electron chi connectivity index (χ1n) is 9.65. The lowest BCUT2D eigenvalue weighted by molar-refractivity contribution is -0.122. The quantitative estimate of drug-likeness (QED) is 0.666. The fourth-order valence-corrected chi connectivity index (χ4v) is 3.44. The molecule has 0 saturated carbocycles. The normalized spacial score (nSPS) is 12.0. The van der Waals surface area contributed by atoms with Crippen molar-refractivity contribution in [3.8, 4) is 5.75 Å². The summed E-state index contributed by atoms with van der Waals surface area (Å²) in [5.41, 5.74) is 0.593. The second-order valence-corrected chi connectivity index (χ2v) is 6.74. The summed E-state index contributed by atoms with van der Waals surface area (Å²) in [4.78, 5) is 38.1. The summed E-state index contributed by atoms with van der Waals surface area (Å²) in [6, 6.07) is 14.2. The lowest BCUT2D eigenvalue weighted by atomic mass is 10.0. The summed E-state index contributed by atoms with van der Waals surface area (Å²) in [6.45, 7) is 3.80. The molecule has 0 saturated heterocycles. The molecule has 29 heavy (non-hydrogen) atoms. The summed E-state index contributed by atoms with van der Waals surface area (Å²) in [6.07, 6.45) is 0.697. The maximum absolute atomic E-state index is 12.8. The van der Waals surface area contributed by atoms with Crippen LogP contribution in [0.4, 0.5) is 0 Å². The van der Waals surface area contributed by atoms with Crippen LogP contribution in [0.3, 0.4) is 0 Å². The van der Waals surface area contributed by atoms with Gasteiger partial charge in [0.25, 0.3) is 5.56 Å². The molecule has 0 aliphatic rings. The third kappa shape index (κ3) is 4.08. The van der Waals surface area contributed by atoms with Crippen LogP contribution in [0, 0.1) is 0 Å². The van der Waals surface area contributed by atoms with Crippen molar-refractivity contribution in [2.45, 2.75) is 39.4 Å². The van der Waals surface area contributed by atoms with Gasteiger partial charge in [0, 0.05) is 6.54 Å². The van der Waals surface area contributed by atoms with Gasteiger partial charge in [0.1, 0.15) is 12.3 Å². The average Bonchev–Trinajstić information content (AvgIpc) is 2.75. The molecule has 1 N–H and O–H groups in total. The first kappa shape index (κ1) is 20.4. The number of nitrogens with one attached hydrogen (secondary N) is 1. The molecule has 0 aliphatic heterocycles. The number of amides is 1. The second-order valence-electron chi connectivity index (χ2n) is 6.74. The van der Waals surface area contributed by atoms with Gasteiger partial charge in [0.05, 0.1) is 24.1 Å². The Morgan fingerprint density at radius 1 is 1.03 bits per heavy atom. The van der Waals surface area contributed by atoms with Crippen LogP contribution in [0.25, 0.3) is 10.9 Å². The Morgan fingerprint density at radius 3 is 2.34 bits per heavy atom. The maximum Gasteiger partial charge on any atom is 0.331 e. The number of hydrogen-bond donors (Lipinski definition) is 1. The first-order valence-corrected chi connectivity index (χ1v) is 9.65. The van der Waals surface area contributed by atoms with Gasteiger partial charge in [-0.1, -0.05) is 31.2 Å². The molecule has 0 fully saturated rings. The second kappa shape index (κ2) is 8.77. The van der Waals surface area contributed by atoms with Crippen LogP contribution < -0.4 is 21.3 Å². The van der Waals surface area contributed by atoms with Crippen molar-refractivity contribution in [2.75, 3.05) is 7.11 Å². The van der Waals surface area contributed by atoms with Gasteiger partial charge in [-0.2, -0.15) is 0 Å². The van der Waals surface area contributed by atoms with Gasteiger partial charge in [-0.05, 0) is 43.2 Å². The highest BCUT2D eigenvalue weighted by atomic mass is 16.5. The summed E-state index contributed by atoms with van der Waals surface area (Å²) >= 11 is 0. The minimum atomic E-state index is -0.483. The third-order valence-electron chi connectivity index (χ3n) is 5.01. The van der Waals surface area contributed by atoms with Gasteiger partial charge in [-0.25, -0.2) is 4.79 Å². The summed E-state index contributed by atoms with van der Waals surface area (Å²) in [7, 11) is 1.60. The van der Waals surface area contributed by atoms with Crippen LogP contribution in [0.15, 0.2) is 58.1 Å². The number of ether oxygens (including phenoxy) is 1. The Labute approximate surface area is 168 Å². The van der Waals surface area contributed by atoms with Crippen LogP contribution in [0.1, 0.15) is 31.9 Å². The number of benzene rings is 2. The highest BCUT2D eigenvalue weighted by molar-refractivity contribution is 5.81. The van der Waals surface area contributed by atoms with Crippen LogP contribution in [0.2, 0.25) is 0 Å². The molecule has 2 aromatic carbocycles. The highest BCUT2D eigenvalue weighted by Crippen LogP contribution is 2.20. The van der Waals surface area contributed by atoms with Gasteiger partial charge < -0.3 is 10.1 Å². The molecule has 3 aromatic rings. The monoisotopic (exact) mass is 395 g/mol. The Bertz CT molecular complexity index is 1130. The SMILES string of the molecule is CC[C@@H](NC(=O)Cn1c(=O)n(CC)c(=O)c2ccccc21)c1ccc(OC)cc1. The zero-order valence-corrected chi connectivity index (χ0v) is 16.8. The van der Waals surface area contributed by atoms with Crippen molar-refractivity contribution in [3.05, 3.63) is 74.9 Å². The van der Waals surface area contributed by atoms with Crippen molar-refractivity contribution in [1.82, 2.24) is 14.5 Å². The van der Waals surface area contributed by atoms with E-state index >= 15 is 0 Å². The van der Waals surface area contributed by atoms with Gasteiger partial charge in [-0.3, -0.25) is 18.7 Å². The molecule has 0 aliphatic carbocycles. The molecule has 1 atom stereocenters. The molecule has 0 spiro atoms. The van der Waals surface area contributed by atoms with E-state index < -0.39 is 5.69 Å². The Morgan fingerprint density at radius 2 is 1.72 bits per heavy atom. The molecule has 0 unspecified atom stereocenters. The molecular formula is C22H25N3O4. The van der Waals surface area contributed by atoms with Crippen molar-refractivity contribution >= 4 is 16.8 Å². The molecule has 0 radical (unpaired) electrons. The smallest absolute Gasteiger partial charge is 0.331 e. The molecule has 3 rings (SSSR count). The van der Waals surface area contributed by atoms with E-state index in [-0.39, 0.29) is 30.6 Å². The number of para-hydroxylation sites is 1. The zero-order chi connectivity index (χ0) is 21.0. The van der Waals surface area contributed by atoms with E-state index in [1.807, 2.05) is 31.2 Å². The Balaban J connectivity index is 1.91. The average molecular weight is 395 g/mol. The highest BCUT2D eigenvalue weighted by Gasteiger charge is 2.17. The fraction of sp³-hybridized carbons (Fsp3) is 0.318. The molecule has 7 heteroatoms. The van der Waals surface area contributed by atoms with Crippen molar-refractivity contribution in [2.24, 2.45) is 0 Å². The molecule has 152 valence electrons. The predicted octanol–water partition coefficient (Wildman–Crippen LogP) is 2.46. The number of methoxy groups -OCH3 is 1. The van der Waals surface area contributed by atoms with E-state index in [1.54, 1.807) is 38.3 Å². The third-order valence-corrected chi connectivity index (χ3v) is 5.01. The summed E-state index contributed by atoms with van der Waals surface area (Å²) in [5.74, 6) is 0.455. The fourth-order valence-electron chi connectivity index (χ4n) is 3.44. The van der Waals surface area contributed by atoms with E-state index in [1.165, 1.54) is 4.57 Å². The molecule has 7 nitrogen and oxygen atoms in total. The van der Waals surface area contributed by atoms with Gasteiger partial charge >= 0.3 is 5.69 Å². The lowest BCUT2D eigenvalue weighted by Gasteiger charge is -2.19. The zero-order valence-electron chi connectivity index (χ0n) is 16.8. The first-order chi connectivity index (χ1) is 14.0.